The van der Waals surface area contributed by atoms with E-state index in [1.54, 1.807) is 13.0 Å². The number of benzene rings is 1. The molecule has 0 spiro atoms. The molecule has 0 fully saturated rings. The van der Waals surface area contributed by atoms with E-state index in [2.05, 4.69) is 5.10 Å². The summed E-state index contributed by atoms with van der Waals surface area (Å²) >= 11 is 0. The van der Waals surface area contributed by atoms with Gasteiger partial charge in [0.2, 0.25) is 0 Å². The average Bonchev–Trinajstić information content (AvgIpc) is 2.38. The Labute approximate surface area is 107 Å². The second-order valence-electron chi connectivity index (χ2n) is 4.00. The van der Waals surface area contributed by atoms with Crippen molar-refractivity contribution >= 4 is 5.97 Å². The lowest BCUT2D eigenvalue weighted by atomic mass is 10.1. The highest BCUT2D eigenvalue weighted by Crippen LogP contribution is 2.18. The fraction of sp³-hybridized carbons (Fsp3) is 0.154. The first kappa shape index (κ1) is 12.9. The van der Waals surface area contributed by atoms with E-state index in [1.165, 1.54) is 24.4 Å². The number of hydrogen-bond donors (Lipinski definition) is 1. The minimum Gasteiger partial charge on any atom is -0.477 e. The summed E-state index contributed by atoms with van der Waals surface area (Å²) in [6, 6.07) is 6.42. The van der Waals surface area contributed by atoms with Crippen molar-refractivity contribution in [3.05, 3.63) is 63.8 Å². The molecule has 98 valence electrons. The van der Waals surface area contributed by atoms with Gasteiger partial charge in [0.1, 0.15) is 11.4 Å². The summed E-state index contributed by atoms with van der Waals surface area (Å²) in [7, 11) is 0. The monoisotopic (exact) mass is 262 g/mol. The highest BCUT2D eigenvalue weighted by atomic mass is 19.1. The largest absolute Gasteiger partial charge is 0.477 e. The van der Waals surface area contributed by atoms with Crippen LogP contribution in [0.25, 0.3) is 0 Å². The van der Waals surface area contributed by atoms with E-state index in [0.717, 1.165) is 10.7 Å². The molecule has 1 heterocycles. The van der Waals surface area contributed by atoms with Gasteiger partial charge in [0.15, 0.2) is 0 Å². The number of aromatic carboxylic acids is 1. The van der Waals surface area contributed by atoms with E-state index in [-0.39, 0.29) is 5.56 Å². The first-order valence-corrected chi connectivity index (χ1v) is 5.58. The van der Waals surface area contributed by atoms with E-state index in [9.17, 15) is 14.0 Å². The molecule has 0 aliphatic carbocycles. The Kier molecular flexibility index (Phi) is 3.41. The van der Waals surface area contributed by atoms with Crippen molar-refractivity contribution in [2.24, 2.45) is 0 Å². The van der Waals surface area contributed by atoms with Crippen LogP contribution >= 0.6 is 0 Å². The van der Waals surface area contributed by atoms with Gasteiger partial charge in [0.25, 0.3) is 5.56 Å². The third-order valence-corrected chi connectivity index (χ3v) is 2.82. The predicted molar refractivity (Wildman–Crippen MR) is 65.7 cm³/mol. The third kappa shape index (κ3) is 2.37. The van der Waals surface area contributed by atoms with E-state index in [1.807, 2.05) is 0 Å². The fourth-order valence-electron chi connectivity index (χ4n) is 1.81. The zero-order valence-corrected chi connectivity index (χ0v) is 10.1. The van der Waals surface area contributed by atoms with Gasteiger partial charge >= 0.3 is 5.97 Å². The molecule has 0 radical (unpaired) electrons. The number of hydrogen-bond acceptors (Lipinski definition) is 3. The number of carboxylic acids is 1. The second kappa shape index (κ2) is 5.01. The smallest absolute Gasteiger partial charge is 0.341 e. The maximum absolute atomic E-state index is 13.7. The molecule has 2 aromatic rings. The van der Waals surface area contributed by atoms with Crippen LogP contribution in [-0.4, -0.2) is 20.9 Å². The molecular formula is C13H11FN2O3. The zero-order valence-electron chi connectivity index (χ0n) is 10.1. The van der Waals surface area contributed by atoms with Crippen molar-refractivity contribution in [2.75, 3.05) is 0 Å². The van der Waals surface area contributed by atoms with Gasteiger partial charge in [-0.1, -0.05) is 18.2 Å². The molecule has 1 N–H and O–H groups in total. The van der Waals surface area contributed by atoms with Crippen molar-refractivity contribution in [1.82, 2.24) is 9.78 Å². The Morgan fingerprint density at radius 1 is 1.37 bits per heavy atom. The molecule has 1 aromatic heterocycles. The van der Waals surface area contributed by atoms with Crippen LogP contribution in [0.3, 0.4) is 0 Å². The van der Waals surface area contributed by atoms with E-state index in [4.69, 9.17) is 5.11 Å². The first-order valence-electron chi connectivity index (χ1n) is 5.58. The third-order valence-electron chi connectivity index (χ3n) is 2.82. The number of aromatic nitrogens is 2. The Hall–Kier alpha value is -2.50. The lowest BCUT2D eigenvalue weighted by Crippen LogP contribution is -2.31. The maximum atomic E-state index is 13.7. The molecule has 5 nitrogen and oxygen atoms in total. The summed E-state index contributed by atoms with van der Waals surface area (Å²) in [5.74, 6) is -1.80. The topological polar surface area (TPSA) is 72.2 Å². The van der Waals surface area contributed by atoms with Crippen LogP contribution in [0.15, 0.2) is 41.3 Å². The molecule has 19 heavy (non-hydrogen) atoms. The highest BCUT2D eigenvalue weighted by Gasteiger charge is 2.18. The Bertz CT molecular complexity index is 682. The van der Waals surface area contributed by atoms with Gasteiger partial charge in [-0.15, -0.1) is 0 Å². The normalized spacial score (nSPS) is 12.1. The van der Waals surface area contributed by atoms with Gasteiger partial charge in [-0.05, 0) is 19.1 Å². The van der Waals surface area contributed by atoms with Gasteiger partial charge in [-0.3, -0.25) is 4.79 Å². The van der Waals surface area contributed by atoms with Crippen molar-refractivity contribution < 1.29 is 14.3 Å². The molecule has 0 saturated carbocycles. The molecule has 0 unspecified atom stereocenters. The number of halogens is 1. The van der Waals surface area contributed by atoms with E-state index in [0.29, 0.717) is 0 Å². The number of carbonyl (C=O) groups is 1. The quantitative estimate of drug-likeness (QED) is 0.913. The maximum Gasteiger partial charge on any atom is 0.341 e. The highest BCUT2D eigenvalue weighted by molar-refractivity contribution is 5.86. The van der Waals surface area contributed by atoms with Crippen LogP contribution in [0, 0.1) is 5.82 Å². The summed E-state index contributed by atoms with van der Waals surface area (Å²) in [6.07, 6.45) is 1.21. The van der Waals surface area contributed by atoms with Crippen LogP contribution in [0.5, 0.6) is 0 Å². The molecule has 0 aliphatic rings. The van der Waals surface area contributed by atoms with Gasteiger partial charge in [0.05, 0.1) is 6.04 Å². The van der Waals surface area contributed by atoms with Crippen LogP contribution in [0.2, 0.25) is 0 Å². The minimum absolute atomic E-state index is 0.277. The average molecular weight is 262 g/mol. The molecule has 2 rings (SSSR count). The molecule has 6 heteroatoms. The van der Waals surface area contributed by atoms with E-state index < -0.39 is 29.0 Å². The van der Waals surface area contributed by atoms with Crippen molar-refractivity contribution in [3.8, 4) is 0 Å². The van der Waals surface area contributed by atoms with Gasteiger partial charge in [-0.2, -0.15) is 5.10 Å². The zero-order chi connectivity index (χ0) is 14.0. The van der Waals surface area contributed by atoms with Gasteiger partial charge in [0, 0.05) is 11.8 Å². The standard InChI is InChI=1S/C13H11FN2O3/c1-8(9-4-2-3-5-11(9)14)16-12(17)10(13(18)19)6-7-15-16/h2-8H,1H3,(H,18,19)/t8-/m1/s1. The van der Waals surface area contributed by atoms with Crippen LogP contribution < -0.4 is 5.56 Å². The Balaban J connectivity index is 2.54. The van der Waals surface area contributed by atoms with Crippen LogP contribution in [-0.2, 0) is 0 Å². The SMILES string of the molecule is C[C@H](c1ccccc1F)n1nccc(C(=O)O)c1=O. The number of carboxylic acid groups (broad SMARTS) is 1. The molecule has 0 amide bonds. The minimum atomic E-state index is -1.33. The summed E-state index contributed by atoms with van der Waals surface area (Å²) in [6.45, 7) is 1.58. The summed E-state index contributed by atoms with van der Waals surface area (Å²) < 4.78 is 14.6. The predicted octanol–water partition coefficient (Wildman–Crippen LogP) is 1.69. The Morgan fingerprint density at radius 2 is 2.05 bits per heavy atom. The number of rotatable bonds is 3. The summed E-state index contributed by atoms with van der Waals surface area (Å²) in [5, 5.41) is 12.7. The van der Waals surface area contributed by atoms with Crippen LogP contribution in [0.4, 0.5) is 4.39 Å². The van der Waals surface area contributed by atoms with Gasteiger partial charge < -0.3 is 5.11 Å². The van der Waals surface area contributed by atoms with Crippen molar-refractivity contribution in [1.29, 1.82) is 0 Å². The summed E-state index contributed by atoms with van der Waals surface area (Å²) in [5.41, 5.74) is -0.872. The van der Waals surface area contributed by atoms with Crippen LogP contribution in [0.1, 0.15) is 28.9 Å². The molecular weight excluding hydrogens is 251 g/mol. The number of nitrogens with zero attached hydrogens (tertiary/aromatic N) is 2. The summed E-state index contributed by atoms with van der Waals surface area (Å²) in [4.78, 5) is 22.8. The Morgan fingerprint density at radius 3 is 2.68 bits per heavy atom. The molecule has 0 saturated heterocycles. The molecule has 1 atom stereocenters. The lowest BCUT2D eigenvalue weighted by molar-refractivity contribution is 0.0693. The second-order valence-corrected chi connectivity index (χ2v) is 4.00. The van der Waals surface area contributed by atoms with Crippen molar-refractivity contribution in [2.45, 2.75) is 13.0 Å². The van der Waals surface area contributed by atoms with E-state index >= 15 is 0 Å². The van der Waals surface area contributed by atoms with Crippen molar-refractivity contribution in [3.63, 3.8) is 0 Å². The lowest BCUT2D eigenvalue weighted by Gasteiger charge is -2.14. The molecule has 0 aliphatic heterocycles. The van der Waals surface area contributed by atoms with Gasteiger partial charge in [-0.25, -0.2) is 13.9 Å². The fourth-order valence-corrected chi connectivity index (χ4v) is 1.81. The molecule has 1 aromatic carbocycles. The first-order chi connectivity index (χ1) is 9.02. The molecule has 0 bridgehead atoms.